The molecule has 0 fully saturated rings. The molecule has 0 atom stereocenters. The zero-order valence-corrected chi connectivity index (χ0v) is 15.7. The molecule has 0 aliphatic rings. The summed E-state index contributed by atoms with van der Waals surface area (Å²) >= 11 is 6.11. The van der Waals surface area contributed by atoms with E-state index in [2.05, 4.69) is 4.98 Å². The smallest absolute Gasteiger partial charge is 0.307 e. The second-order valence-electron chi connectivity index (χ2n) is 6.54. The van der Waals surface area contributed by atoms with E-state index in [9.17, 15) is 9.90 Å². The molecule has 0 saturated heterocycles. The number of carboxylic acids is 1. The maximum absolute atomic E-state index is 11.4. The number of rotatable bonds is 6. The summed E-state index contributed by atoms with van der Waals surface area (Å²) in [5.41, 5.74) is 4.37. The molecule has 4 aromatic rings. The first kappa shape index (κ1) is 18.1. The lowest BCUT2D eigenvalue weighted by Crippen LogP contribution is -2.01. The Balaban J connectivity index is 1.63. The molecule has 28 heavy (non-hydrogen) atoms. The van der Waals surface area contributed by atoms with Gasteiger partial charge in [-0.05, 0) is 59.2 Å². The lowest BCUT2D eigenvalue weighted by atomic mass is 10.0. The predicted octanol–water partition coefficient (Wildman–Crippen LogP) is 5.69. The summed E-state index contributed by atoms with van der Waals surface area (Å²) in [7, 11) is 0. The van der Waals surface area contributed by atoms with Gasteiger partial charge in [0.1, 0.15) is 12.4 Å². The Morgan fingerprint density at radius 2 is 1.75 bits per heavy atom. The Labute approximate surface area is 167 Å². The maximum atomic E-state index is 11.4. The maximum Gasteiger partial charge on any atom is 0.307 e. The number of aromatic nitrogens is 1. The van der Waals surface area contributed by atoms with Crippen molar-refractivity contribution in [2.24, 2.45) is 0 Å². The summed E-state index contributed by atoms with van der Waals surface area (Å²) in [4.78, 5) is 14.7. The van der Waals surface area contributed by atoms with Crippen LogP contribution in [0.15, 0.2) is 72.8 Å². The van der Waals surface area contributed by atoms with Gasteiger partial charge in [-0.25, -0.2) is 0 Å². The number of benzene rings is 3. The first-order valence-electron chi connectivity index (χ1n) is 8.89. The minimum atomic E-state index is -0.884. The monoisotopic (exact) mass is 391 g/mol. The number of nitrogens with one attached hydrogen (secondary N) is 1. The average Bonchev–Trinajstić information content (AvgIpc) is 3.05. The molecule has 4 nitrogen and oxygen atoms in total. The van der Waals surface area contributed by atoms with Crippen molar-refractivity contribution in [3.05, 3.63) is 88.9 Å². The Morgan fingerprint density at radius 1 is 1.00 bits per heavy atom. The number of hydrogen-bond donors (Lipinski definition) is 2. The van der Waals surface area contributed by atoms with Crippen LogP contribution in [0, 0.1) is 0 Å². The topological polar surface area (TPSA) is 62.3 Å². The van der Waals surface area contributed by atoms with E-state index in [0.29, 0.717) is 11.6 Å². The van der Waals surface area contributed by atoms with Gasteiger partial charge < -0.3 is 14.8 Å². The van der Waals surface area contributed by atoms with E-state index in [-0.39, 0.29) is 6.42 Å². The van der Waals surface area contributed by atoms with Gasteiger partial charge in [-0.15, -0.1) is 0 Å². The van der Waals surface area contributed by atoms with Gasteiger partial charge in [-0.3, -0.25) is 4.79 Å². The van der Waals surface area contributed by atoms with Crippen molar-refractivity contribution in [1.82, 2.24) is 4.98 Å². The van der Waals surface area contributed by atoms with E-state index >= 15 is 0 Å². The SMILES string of the molecule is O=C(O)Cc1c(-c2ccc(OCc3ccccc3)cc2)[nH]c2ccc(Cl)cc12. The number of carbonyl (C=O) groups is 1. The molecule has 0 aliphatic carbocycles. The van der Waals surface area contributed by atoms with Crippen LogP contribution in [0.2, 0.25) is 5.02 Å². The summed E-state index contributed by atoms with van der Waals surface area (Å²) in [5, 5.41) is 10.7. The minimum absolute atomic E-state index is 0.0814. The molecule has 0 amide bonds. The summed E-state index contributed by atoms with van der Waals surface area (Å²) in [6.07, 6.45) is -0.0814. The second-order valence-corrected chi connectivity index (χ2v) is 6.97. The minimum Gasteiger partial charge on any atom is -0.489 e. The second kappa shape index (κ2) is 7.79. The van der Waals surface area contributed by atoms with Crippen LogP contribution in [-0.4, -0.2) is 16.1 Å². The third-order valence-electron chi connectivity index (χ3n) is 4.59. The lowest BCUT2D eigenvalue weighted by Gasteiger charge is -2.08. The van der Waals surface area contributed by atoms with Crippen LogP contribution in [0.25, 0.3) is 22.2 Å². The van der Waals surface area contributed by atoms with Crippen molar-refractivity contribution in [3.8, 4) is 17.0 Å². The Hall–Kier alpha value is -3.24. The highest BCUT2D eigenvalue weighted by atomic mass is 35.5. The lowest BCUT2D eigenvalue weighted by molar-refractivity contribution is -0.136. The van der Waals surface area contributed by atoms with Gasteiger partial charge in [0.05, 0.1) is 12.1 Å². The van der Waals surface area contributed by atoms with E-state index in [0.717, 1.165) is 39.0 Å². The van der Waals surface area contributed by atoms with Crippen molar-refractivity contribution < 1.29 is 14.6 Å². The molecule has 0 unspecified atom stereocenters. The van der Waals surface area contributed by atoms with Crippen molar-refractivity contribution in [2.75, 3.05) is 0 Å². The summed E-state index contributed by atoms with van der Waals surface area (Å²) in [6.45, 7) is 0.495. The summed E-state index contributed by atoms with van der Waals surface area (Å²) in [6, 6.07) is 23.1. The molecule has 1 heterocycles. The first-order chi connectivity index (χ1) is 13.6. The van der Waals surface area contributed by atoms with Gasteiger partial charge in [-0.2, -0.15) is 0 Å². The molecule has 0 saturated carbocycles. The largest absolute Gasteiger partial charge is 0.489 e. The van der Waals surface area contributed by atoms with Crippen LogP contribution < -0.4 is 4.74 Å². The Morgan fingerprint density at radius 3 is 2.46 bits per heavy atom. The fraction of sp³-hybridized carbons (Fsp3) is 0.0870. The van der Waals surface area contributed by atoms with Crippen molar-refractivity contribution in [1.29, 1.82) is 0 Å². The van der Waals surface area contributed by atoms with Crippen molar-refractivity contribution in [2.45, 2.75) is 13.0 Å². The van der Waals surface area contributed by atoms with E-state index in [1.165, 1.54) is 0 Å². The van der Waals surface area contributed by atoms with Crippen LogP contribution >= 0.6 is 11.6 Å². The zero-order valence-electron chi connectivity index (χ0n) is 15.0. The van der Waals surface area contributed by atoms with Gasteiger partial charge in [0.25, 0.3) is 0 Å². The average molecular weight is 392 g/mol. The first-order valence-corrected chi connectivity index (χ1v) is 9.27. The molecule has 2 N–H and O–H groups in total. The van der Waals surface area contributed by atoms with Crippen molar-refractivity contribution >= 4 is 28.5 Å². The van der Waals surface area contributed by atoms with Crippen molar-refractivity contribution in [3.63, 3.8) is 0 Å². The quantitative estimate of drug-likeness (QED) is 0.443. The number of aromatic amines is 1. The fourth-order valence-electron chi connectivity index (χ4n) is 3.26. The third kappa shape index (κ3) is 3.87. The highest BCUT2D eigenvalue weighted by Gasteiger charge is 2.16. The van der Waals surface area contributed by atoms with Gasteiger partial charge in [-0.1, -0.05) is 41.9 Å². The van der Waals surface area contributed by atoms with Gasteiger partial charge in [0.15, 0.2) is 0 Å². The number of ether oxygens (including phenoxy) is 1. The molecule has 3 aromatic carbocycles. The number of hydrogen-bond acceptors (Lipinski definition) is 2. The number of aliphatic carboxylic acids is 1. The third-order valence-corrected chi connectivity index (χ3v) is 4.82. The highest BCUT2D eigenvalue weighted by Crippen LogP contribution is 2.33. The van der Waals surface area contributed by atoms with E-state index < -0.39 is 5.97 Å². The molecule has 1 aromatic heterocycles. The molecule has 5 heteroatoms. The van der Waals surface area contributed by atoms with Crippen LogP contribution in [0.3, 0.4) is 0 Å². The molecule has 0 bridgehead atoms. The molecule has 0 spiro atoms. The van der Waals surface area contributed by atoms with Gasteiger partial charge in [0.2, 0.25) is 0 Å². The molecular formula is C23H18ClNO3. The molecular weight excluding hydrogens is 374 g/mol. The van der Waals surface area contributed by atoms with Gasteiger partial charge >= 0.3 is 5.97 Å². The van der Waals surface area contributed by atoms with E-state index in [4.69, 9.17) is 16.3 Å². The normalized spacial score (nSPS) is 10.9. The van der Waals surface area contributed by atoms with Crippen LogP contribution in [-0.2, 0) is 17.8 Å². The Kier molecular flexibility index (Phi) is 5.04. The number of fused-ring (bicyclic) bond motifs is 1. The highest BCUT2D eigenvalue weighted by molar-refractivity contribution is 6.31. The molecule has 4 rings (SSSR count). The predicted molar refractivity (Wildman–Crippen MR) is 111 cm³/mol. The number of carboxylic acid groups (broad SMARTS) is 1. The van der Waals surface area contributed by atoms with E-state index in [1.54, 1.807) is 12.1 Å². The van der Waals surface area contributed by atoms with Crippen LogP contribution in [0.1, 0.15) is 11.1 Å². The van der Waals surface area contributed by atoms with Crippen LogP contribution in [0.4, 0.5) is 0 Å². The molecule has 140 valence electrons. The standard InChI is InChI=1S/C23H18ClNO3/c24-17-8-11-21-19(12-17)20(13-22(26)27)23(25-21)16-6-9-18(10-7-16)28-14-15-4-2-1-3-5-15/h1-12,25H,13-14H2,(H,26,27). The Bertz CT molecular complexity index is 1120. The van der Waals surface area contributed by atoms with Crippen LogP contribution in [0.5, 0.6) is 5.75 Å². The fourth-order valence-corrected chi connectivity index (χ4v) is 3.43. The van der Waals surface area contributed by atoms with Gasteiger partial charge in [0, 0.05) is 15.9 Å². The summed E-state index contributed by atoms with van der Waals surface area (Å²) in [5.74, 6) is -0.128. The molecule has 0 aliphatic heterocycles. The zero-order chi connectivity index (χ0) is 19.5. The molecule has 0 radical (unpaired) electrons. The summed E-state index contributed by atoms with van der Waals surface area (Å²) < 4.78 is 5.83. The van der Waals surface area contributed by atoms with E-state index in [1.807, 2.05) is 60.7 Å². The number of halogens is 1. The number of H-pyrrole nitrogens is 1.